The van der Waals surface area contributed by atoms with Crippen molar-refractivity contribution in [3.8, 4) is 0 Å². The Balaban J connectivity index is 2.23. The van der Waals surface area contributed by atoms with Crippen molar-refractivity contribution in [1.29, 1.82) is 0 Å². The lowest BCUT2D eigenvalue weighted by Gasteiger charge is -2.39. The highest BCUT2D eigenvalue weighted by Crippen LogP contribution is 2.32. The average Bonchev–Trinajstić information content (AvgIpc) is 2.27. The Morgan fingerprint density at radius 3 is 3.00 bits per heavy atom. The van der Waals surface area contributed by atoms with Gasteiger partial charge in [0.25, 0.3) is 0 Å². The van der Waals surface area contributed by atoms with Gasteiger partial charge in [0.1, 0.15) is 5.82 Å². The number of pyridine rings is 1. The molecule has 0 amide bonds. The van der Waals surface area contributed by atoms with Gasteiger partial charge < -0.3 is 4.90 Å². The number of halogens is 1. The summed E-state index contributed by atoms with van der Waals surface area (Å²) in [7, 11) is 0. The molecule has 1 saturated heterocycles. The predicted octanol–water partition coefficient (Wildman–Crippen LogP) is 3.60. The van der Waals surface area contributed by atoms with E-state index >= 15 is 0 Å². The molecular formula is C13H19BrN2. The van der Waals surface area contributed by atoms with Crippen LogP contribution in [-0.4, -0.2) is 18.1 Å². The number of nitrogens with zero attached hydrogens (tertiary/aromatic N) is 2. The van der Waals surface area contributed by atoms with Gasteiger partial charge in [-0.2, -0.15) is 0 Å². The molecule has 0 spiro atoms. The lowest BCUT2D eigenvalue weighted by Crippen LogP contribution is -2.40. The van der Waals surface area contributed by atoms with Crippen LogP contribution in [0.2, 0.25) is 0 Å². The molecule has 2 heterocycles. The van der Waals surface area contributed by atoms with Crippen molar-refractivity contribution in [1.82, 2.24) is 4.98 Å². The Morgan fingerprint density at radius 1 is 1.50 bits per heavy atom. The van der Waals surface area contributed by atoms with Crippen LogP contribution in [-0.2, 0) is 5.33 Å². The van der Waals surface area contributed by atoms with Crippen molar-refractivity contribution in [2.75, 3.05) is 18.0 Å². The zero-order chi connectivity index (χ0) is 11.6. The summed E-state index contributed by atoms with van der Waals surface area (Å²) in [6.07, 6.45) is 4.48. The summed E-state index contributed by atoms with van der Waals surface area (Å²) >= 11 is 3.54. The van der Waals surface area contributed by atoms with Crippen molar-refractivity contribution in [2.24, 2.45) is 5.41 Å². The second-order valence-corrected chi connectivity index (χ2v) is 5.87. The van der Waals surface area contributed by atoms with Gasteiger partial charge in [0.2, 0.25) is 0 Å². The third kappa shape index (κ3) is 2.57. The Morgan fingerprint density at radius 2 is 2.31 bits per heavy atom. The number of anilines is 1. The molecule has 3 heteroatoms. The first kappa shape index (κ1) is 11.9. The van der Waals surface area contributed by atoms with Crippen LogP contribution in [0, 0.1) is 5.41 Å². The first-order chi connectivity index (χ1) is 7.62. The molecule has 2 rings (SSSR count). The third-order valence-electron chi connectivity index (χ3n) is 3.21. The summed E-state index contributed by atoms with van der Waals surface area (Å²) in [6.45, 7) is 6.94. The van der Waals surface area contributed by atoms with E-state index in [2.05, 4.69) is 45.7 Å². The molecule has 0 aliphatic carbocycles. The van der Waals surface area contributed by atoms with Crippen LogP contribution in [0.5, 0.6) is 0 Å². The molecule has 1 aromatic heterocycles. The molecule has 1 fully saturated rings. The molecule has 1 aromatic rings. The molecule has 0 aromatic carbocycles. The Labute approximate surface area is 106 Å². The zero-order valence-electron chi connectivity index (χ0n) is 10.0. The normalized spacial score (nSPS) is 19.8. The minimum absolute atomic E-state index is 0.416. The molecule has 0 bridgehead atoms. The van der Waals surface area contributed by atoms with Gasteiger partial charge in [0.15, 0.2) is 0 Å². The number of aromatic nitrogens is 1. The van der Waals surface area contributed by atoms with Crippen molar-refractivity contribution in [2.45, 2.75) is 32.0 Å². The summed E-state index contributed by atoms with van der Waals surface area (Å²) in [6, 6.07) is 4.16. The van der Waals surface area contributed by atoms with Crippen LogP contribution < -0.4 is 4.90 Å². The van der Waals surface area contributed by atoms with Crippen LogP contribution >= 0.6 is 15.9 Å². The Hall–Kier alpha value is -0.570. The second kappa shape index (κ2) is 4.74. The van der Waals surface area contributed by atoms with Gasteiger partial charge in [0.05, 0.1) is 0 Å². The van der Waals surface area contributed by atoms with E-state index < -0.39 is 0 Å². The fourth-order valence-electron chi connectivity index (χ4n) is 2.42. The number of piperidine rings is 1. The SMILES string of the molecule is CC1(C)CCCN(c2ncccc2CBr)C1. The summed E-state index contributed by atoms with van der Waals surface area (Å²) < 4.78 is 0. The predicted molar refractivity (Wildman–Crippen MR) is 72.1 cm³/mol. The van der Waals surface area contributed by atoms with E-state index in [0.29, 0.717) is 5.41 Å². The van der Waals surface area contributed by atoms with Crippen molar-refractivity contribution in [3.63, 3.8) is 0 Å². The topological polar surface area (TPSA) is 16.1 Å². The summed E-state index contributed by atoms with van der Waals surface area (Å²) in [5, 5.41) is 0.882. The molecular weight excluding hydrogens is 264 g/mol. The maximum atomic E-state index is 4.53. The zero-order valence-corrected chi connectivity index (χ0v) is 11.6. The summed E-state index contributed by atoms with van der Waals surface area (Å²) in [4.78, 5) is 6.97. The molecule has 0 atom stereocenters. The highest BCUT2D eigenvalue weighted by Gasteiger charge is 2.27. The Bertz CT molecular complexity index is 363. The average molecular weight is 283 g/mol. The molecule has 0 N–H and O–H groups in total. The van der Waals surface area contributed by atoms with E-state index in [1.54, 1.807) is 0 Å². The number of hydrogen-bond acceptors (Lipinski definition) is 2. The highest BCUT2D eigenvalue weighted by molar-refractivity contribution is 9.08. The molecule has 0 radical (unpaired) electrons. The van der Waals surface area contributed by atoms with Crippen molar-refractivity contribution in [3.05, 3.63) is 23.9 Å². The molecule has 2 nitrogen and oxygen atoms in total. The van der Waals surface area contributed by atoms with Crippen LogP contribution in [0.4, 0.5) is 5.82 Å². The first-order valence-corrected chi connectivity index (χ1v) is 6.99. The quantitative estimate of drug-likeness (QED) is 0.771. The lowest BCUT2D eigenvalue weighted by atomic mass is 9.84. The maximum Gasteiger partial charge on any atom is 0.132 e. The van der Waals surface area contributed by atoms with Gasteiger partial charge in [-0.3, -0.25) is 0 Å². The van der Waals surface area contributed by atoms with Crippen LogP contribution in [0.25, 0.3) is 0 Å². The molecule has 0 saturated carbocycles. The summed E-state index contributed by atoms with van der Waals surface area (Å²) in [5.74, 6) is 1.16. The van der Waals surface area contributed by atoms with Crippen LogP contribution in [0.1, 0.15) is 32.3 Å². The number of rotatable bonds is 2. The molecule has 88 valence electrons. The highest BCUT2D eigenvalue weighted by atomic mass is 79.9. The minimum Gasteiger partial charge on any atom is -0.356 e. The fourth-order valence-corrected chi connectivity index (χ4v) is 2.86. The number of hydrogen-bond donors (Lipinski definition) is 0. The van der Waals surface area contributed by atoms with Crippen molar-refractivity contribution >= 4 is 21.7 Å². The molecule has 1 aliphatic heterocycles. The maximum absolute atomic E-state index is 4.53. The summed E-state index contributed by atoms with van der Waals surface area (Å²) in [5.41, 5.74) is 1.71. The van der Waals surface area contributed by atoms with Crippen LogP contribution in [0.15, 0.2) is 18.3 Å². The van der Waals surface area contributed by atoms with Crippen LogP contribution in [0.3, 0.4) is 0 Å². The Kier molecular flexibility index (Phi) is 3.53. The van der Waals surface area contributed by atoms with E-state index in [4.69, 9.17) is 0 Å². The fraction of sp³-hybridized carbons (Fsp3) is 0.615. The third-order valence-corrected chi connectivity index (χ3v) is 3.82. The van der Waals surface area contributed by atoms with E-state index in [9.17, 15) is 0 Å². The van der Waals surface area contributed by atoms with Crippen molar-refractivity contribution < 1.29 is 0 Å². The van der Waals surface area contributed by atoms with Gasteiger partial charge in [-0.15, -0.1) is 0 Å². The molecule has 16 heavy (non-hydrogen) atoms. The standard InChI is InChI=1S/C13H19BrN2/c1-13(2)6-4-8-16(10-13)12-11(9-14)5-3-7-15-12/h3,5,7H,4,6,8-10H2,1-2H3. The van der Waals surface area contributed by atoms with E-state index in [1.807, 2.05) is 12.3 Å². The molecule has 0 unspecified atom stereocenters. The van der Waals surface area contributed by atoms with Gasteiger partial charge in [-0.1, -0.05) is 35.8 Å². The van der Waals surface area contributed by atoms with Gasteiger partial charge in [0, 0.05) is 30.2 Å². The minimum atomic E-state index is 0.416. The van der Waals surface area contributed by atoms with Gasteiger partial charge >= 0.3 is 0 Å². The molecule has 1 aliphatic rings. The smallest absolute Gasteiger partial charge is 0.132 e. The second-order valence-electron chi connectivity index (χ2n) is 5.31. The monoisotopic (exact) mass is 282 g/mol. The van der Waals surface area contributed by atoms with E-state index in [-0.39, 0.29) is 0 Å². The van der Waals surface area contributed by atoms with E-state index in [1.165, 1.54) is 18.4 Å². The van der Waals surface area contributed by atoms with Gasteiger partial charge in [-0.25, -0.2) is 4.98 Å². The number of alkyl halides is 1. The van der Waals surface area contributed by atoms with Gasteiger partial charge in [-0.05, 0) is 24.3 Å². The largest absolute Gasteiger partial charge is 0.356 e. The lowest BCUT2D eigenvalue weighted by molar-refractivity contribution is 0.292. The first-order valence-electron chi connectivity index (χ1n) is 5.87. The van der Waals surface area contributed by atoms with E-state index in [0.717, 1.165) is 24.2 Å².